The van der Waals surface area contributed by atoms with Crippen molar-refractivity contribution < 1.29 is 23.5 Å². The lowest BCUT2D eigenvalue weighted by molar-refractivity contribution is -0.152. The van der Waals surface area contributed by atoms with Gasteiger partial charge in [-0.2, -0.15) is 0 Å². The minimum atomic E-state index is -0.695. The second kappa shape index (κ2) is 7.68. The molecule has 0 bridgehead atoms. The molecule has 1 aliphatic carbocycles. The van der Waals surface area contributed by atoms with Crippen LogP contribution in [0.4, 0.5) is 4.39 Å². The molecule has 1 fully saturated rings. The zero-order chi connectivity index (χ0) is 18.6. The Bertz CT molecular complexity index is 775. The third kappa shape index (κ3) is 3.62. The van der Waals surface area contributed by atoms with Gasteiger partial charge in [-0.15, -0.1) is 0 Å². The van der Waals surface area contributed by atoms with Crippen LogP contribution in [-0.2, 0) is 26.3 Å². The fourth-order valence-electron chi connectivity index (χ4n) is 3.50. The highest BCUT2D eigenvalue weighted by Crippen LogP contribution is 2.42. The van der Waals surface area contributed by atoms with Crippen LogP contribution < -0.4 is 0 Å². The van der Waals surface area contributed by atoms with Crippen LogP contribution in [0.15, 0.2) is 48.5 Å². The number of hydrogen-bond acceptors (Lipinski definition) is 4. The standard InChI is InChI=1S/C21H21FO4/c1-25-19(23)16-6-4-15(5-7-16)14-26-20(24)21(12-2-3-13-21)17-8-10-18(22)11-9-17/h4-11H,2-3,12-14H2,1H3. The molecule has 1 aliphatic rings. The molecule has 26 heavy (non-hydrogen) atoms. The molecule has 0 amide bonds. The zero-order valence-electron chi connectivity index (χ0n) is 14.7. The van der Waals surface area contributed by atoms with E-state index in [9.17, 15) is 14.0 Å². The van der Waals surface area contributed by atoms with Crippen LogP contribution in [0.1, 0.15) is 47.2 Å². The maximum absolute atomic E-state index is 13.2. The number of rotatable bonds is 5. The summed E-state index contributed by atoms with van der Waals surface area (Å²) >= 11 is 0. The number of hydrogen-bond donors (Lipinski definition) is 0. The van der Waals surface area contributed by atoms with E-state index in [-0.39, 0.29) is 18.4 Å². The first-order valence-corrected chi connectivity index (χ1v) is 8.66. The molecule has 2 aromatic carbocycles. The maximum Gasteiger partial charge on any atom is 0.337 e. The van der Waals surface area contributed by atoms with Gasteiger partial charge in [0.25, 0.3) is 0 Å². The topological polar surface area (TPSA) is 52.6 Å². The van der Waals surface area contributed by atoms with Crippen molar-refractivity contribution in [1.82, 2.24) is 0 Å². The van der Waals surface area contributed by atoms with E-state index >= 15 is 0 Å². The molecule has 0 heterocycles. The SMILES string of the molecule is COC(=O)c1ccc(COC(=O)C2(c3ccc(F)cc3)CCCC2)cc1. The zero-order valence-corrected chi connectivity index (χ0v) is 14.7. The van der Waals surface area contributed by atoms with Gasteiger partial charge in [-0.3, -0.25) is 4.79 Å². The molecule has 0 aliphatic heterocycles. The Hall–Kier alpha value is -2.69. The highest BCUT2D eigenvalue weighted by molar-refractivity contribution is 5.89. The maximum atomic E-state index is 13.2. The van der Waals surface area contributed by atoms with Crippen molar-refractivity contribution >= 4 is 11.9 Å². The van der Waals surface area contributed by atoms with Crippen LogP contribution in [0.25, 0.3) is 0 Å². The van der Waals surface area contributed by atoms with Gasteiger partial charge >= 0.3 is 11.9 Å². The van der Waals surface area contributed by atoms with Crippen molar-refractivity contribution in [2.24, 2.45) is 0 Å². The third-order valence-corrected chi connectivity index (χ3v) is 4.99. The van der Waals surface area contributed by atoms with E-state index in [0.29, 0.717) is 18.4 Å². The van der Waals surface area contributed by atoms with Crippen molar-refractivity contribution in [1.29, 1.82) is 0 Å². The van der Waals surface area contributed by atoms with Gasteiger partial charge in [0.05, 0.1) is 18.1 Å². The van der Waals surface area contributed by atoms with Gasteiger partial charge in [-0.25, -0.2) is 9.18 Å². The van der Waals surface area contributed by atoms with Gasteiger partial charge in [0, 0.05) is 0 Å². The minimum Gasteiger partial charge on any atom is -0.465 e. The number of ether oxygens (including phenoxy) is 2. The molecule has 5 heteroatoms. The summed E-state index contributed by atoms with van der Waals surface area (Å²) in [6.45, 7) is 0.128. The summed E-state index contributed by atoms with van der Waals surface area (Å²) in [4.78, 5) is 24.3. The van der Waals surface area contributed by atoms with Crippen molar-refractivity contribution in [2.75, 3.05) is 7.11 Å². The fraction of sp³-hybridized carbons (Fsp3) is 0.333. The summed E-state index contributed by atoms with van der Waals surface area (Å²) in [7, 11) is 1.33. The lowest BCUT2D eigenvalue weighted by atomic mass is 9.79. The highest BCUT2D eigenvalue weighted by atomic mass is 19.1. The lowest BCUT2D eigenvalue weighted by Gasteiger charge is -2.27. The summed E-state index contributed by atoms with van der Waals surface area (Å²) in [5.41, 5.74) is 1.35. The Morgan fingerprint density at radius 2 is 1.62 bits per heavy atom. The molecular weight excluding hydrogens is 335 g/mol. The second-order valence-corrected chi connectivity index (χ2v) is 6.56. The molecule has 1 saturated carbocycles. The first kappa shape index (κ1) is 18.1. The highest BCUT2D eigenvalue weighted by Gasteiger charge is 2.44. The normalized spacial score (nSPS) is 15.5. The van der Waals surface area contributed by atoms with Gasteiger partial charge in [0.2, 0.25) is 0 Å². The second-order valence-electron chi connectivity index (χ2n) is 6.56. The van der Waals surface area contributed by atoms with Crippen LogP contribution in [0, 0.1) is 5.82 Å². The first-order chi connectivity index (χ1) is 12.5. The van der Waals surface area contributed by atoms with E-state index in [1.165, 1.54) is 19.2 Å². The fourth-order valence-corrected chi connectivity index (χ4v) is 3.50. The molecule has 3 rings (SSSR count). The van der Waals surface area contributed by atoms with E-state index in [1.807, 2.05) is 0 Å². The largest absolute Gasteiger partial charge is 0.465 e. The molecule has 0 radical (unpaired) electrons. The summed E-state index contributed by atoms with van der Waals surface area (Å²) in [6, 6.07) is 12.9. The average Bonchev–Trinajstić information content (AvgIpc) is 3.17. The van der Waals surface area contributed by atoms with Gasteiger partial charge in [0.15, 0.2) is 0 Å². The Balaban J connectivity index is 1.71. The number of esters is 2. The van der Waals surface area contributed by atoms with E-state index in [0.717, 1.165) is 24.0 Å². The summed E-state index contributed by atoms with van der Waals surface area (Å²) in [5.74, 6) is -1.01. The number of methoxy groups -OCH3 is 1. The Morgan fingerprint density at radius 3 is 2.19 bits per heavy atom. The molecule has 0 atom stereocenters. The van der Waals surface area contributed by atoms with E-state index in [4.69, 9.17) is 4.74 Å². The van der Waals surface area contributed by atoms with Crippen molar-refractivity contribution in [2.45, 2.75) is 37.7 Å². The lowest BCUT2D eigenvalue weighted by Crippen LogP contribution is -2.34. The Kier molecular flexibility index (Phi) is 5.35. The monoisotopic (exact) mass is 356 g/mol. The summed E-state index contributed by atoms with van der Waals surface area (Å²) in [5, 5.41) is 0. The molecule has 0 spiro atoms. The van der Waals surface area contributed by atoms with Crippen LogP contribution in [0.2, 0.25) is 0 Å². The quantitative estimate of drug-likeness (QED) is 0.755. The molecule has 0 N–H and O–H groups in total. The molecule has 2 aromatic rings. The molecular formula is C21H21FO4. The number of carbonyl (C=O) groups excluding carboxylic acids is 2. The third-order valence-electron chi connectivity index (χ3n) is 4.99. The van der Waals surface area contributed by atoms with Crippen molar-refractivity contribution in [3.63, 3.8) is 0 Å². The predicted octanol–water partition coefficient (Wildman–Crippen LogP) is 4.17. The van der Waals surface area contributed by atoms with Gasteiger partial charge < -0.3 is 9.47 Å². The van der Waals surface area contributed by atoms with Gasteiger partial charge in [-0.05, 0) is 48.2 Å². The Morgan fingerprint density at radius 1 is 1.00 bits per heavy atom. The molecule has 4 nitrogen and oxygen atoms in total. The molecule has 136 valence electrons. The van der Waals surface area contributed by atoms with Crippen LogP contribution in [0.3, 0.4) is 0 Å². The van der Waals surface area contributed by atoms with Crippen molar-refractivity contribution in [3.8, 4) is 0 Å². The predicted molar refractivity (Wildman–Crippen MR) is 94.1 cm³/mol. The van der Waals surface area contributed by atoms with E-state index in [1.54, 1.807) is 36.4 Å². The number of halogens is 1. The van der Waals surface area contributed by atoms with Gasteiger partial charge in [0.1, 0.15) is 12.4 Å². The molecule has 0 saturated heterocycles. The molecule has 0 aromatic heterocycles. The van der Waals surface area contributed by atoms with Crippen molar-refractivity contribution in [3.05, 3.63) is 71.0 Å². The van der Waals surface area contributed by atoms with Gasteiger partial charge in [-0.1, -0.05) is 37.1 Å². The smallest absolute Gasteiger partial charge is 0.337 e. The number of benzene rings is 2. The molecule has 0 unspecified atom stereocenters. The van der Waals surface area contributed by atoms with Crippen LogP contribution in [0.5, 0.6) is 0 Å². The van der Waals surface area contributed by atoms with E-state index < -0.39 is 11.4 Å². The Labute approximate surface area is 151 Å². The van der Waals surface area contributed by atoms with Crippen LogP contribution >= 0.6 is 0 Å². The van der Waals surface area contributed by atoms with Crippen LogP contribution in [-0.4, -0.2) is 19.0 Å². The summed E-state index contributed by atoms with van der Waals surface area (Å²) < 4.78 is 23.5. The summed E-state index contributed by atoms with van der Waals surface area (Å²) in [6.07, 6.45) is 3.30. The first-order valence-electron chi connectivity index (χ1n) is 8.66. The average molecular weight is 356 g/mol. The minimum absolute atomic E-state index is 0.128. The van der Waals surface area contributed by atoms with E-state index in [2.05, 4.69) is 4.74 Å². The number of carbonyl (C=O) groups is 2.